The average Bonchev–Trinajstić information content (AvgIpc) is 2.76. The first-order valence-electron chi connectivity index (χ1n) is 14.4. The van der Waals surface area contributed by atoms with Crippen LogP contribution >= 0.6 is 0 Å². The summed E-state index contributed by atoms with van der Waals surface area (Å²) in [5.41, 5.74) is 6.70. The molecule has 40 heavy (non-hydrogen) atoms. The standard InChI is InChI=1S/C31H52N4O5/c1-10-11-12-13-14-15-16-35(28(38)24(20-25(32)36)33-29(39)40-31(7,8)9)26(27(37)34-30(4,5)6)23-18-21(2)17-22(3)19-23/h17-19,24,26H,10-16,20H2,1-9H3,(H2,32,36)(H,33,39)(H,34,37). The lowest BCUT2D eigenvalue weighted by atomic mass is 9.96. The molecule has 4 N–H and O–H groups in total. The predicted molar refractivity (Wildman–Crippen MR) is 159 cm³/mol. The van der Waals surface area contributed by atoms with Crippen LogP contribution in [0.25, 0.3) is 0 Å². The molecule has 0 saturated heterocycles. The molecule has 0 radical (unpaired) electrons. The summed E-state index contributed by atoms with van der Waals surface area (Å²) in [7, 11) is 0. The fourth-order valence-electron chi connectivity index (χ4n) is 4.56. The zero-order valence-electron chi connectivity index (χ0n) is 26.1. The first kappa shape index (κ1) is 34.9. The molecule has 4 amide bonds. The molecule has 2 atom stereocenters. The first-order chi connectivity index (χ1) is 18.4. The van der Waals surface area contributed by atoms with Gasteiger partial charge >= 0.3 is 6.09 Å². The Kier molecular flexibility index (Phi) is 13.6. The van der Waals surface area contributed by atoms with Gasteiger partial charge in [-0.25, -0.2) is 4.79 Å². The van der Waals surface area contributed by atoms with Crippen molar-refractivity contribution in [2.45, 2.75) is 130 Å². The van der Waals surface area contributed by atoms with Crippen molar-refractivity contribution in [3.63, 3.8) is 0 Å². The monoisotopic (exact) mass is 560 g/mol. The summed E-state index contributed by atoms with van der Waals surface area (Å²) >= 11 is 0. The van der Waals surface area contributed by atoms with Gasteiger partial charge in [-0.05, 0) is 67.4 Å². The number of rotatable bonds is 14. The molecule has 0 fully saturated rings. The second kappa shape index (κ2) is 15.6. The SMILES string of the molecule is CCCCCCCCN(C(=O)C(CC(N)=O)NC(=O)OC(C)(C)C)C(C(=O)NC(C)(C)C)c1cc(C)cc(C)c1. The smallest absolute Gasteiger partial charge is 0.408 e. The molecule has 0 spiro atoms. The number of primary amides is 1. The van der Waals surface area contributed by atoms with Crippen LogP contribution in [0, 0.1) is 13.8 Å². The summed E-state index contributed by atoms with van der Waals surface area (Å²) in [4.78, 5) is 54.2. The number of carbonyl (C=O) groups excluding carboxylic acids is 4. The van der Waals surface area contributed by atoms with Crippen LogP contribution in [0.1, 0.15) is 116 Å². The van der Waals surface area contributed by atoms with Crippen LogP contribution in [-0.2, 0) is 19.1 Å². The molecule has 0 saturated carbocycles. The number of hydrogen-bond acceptors (Lipinski definition) is 5. The van der Waals surface area contributed by atoms with Crippen LogP contribution in [0.5, 0.6) is 0 Å². The van der Waals surface area contributed by atoms with Crippen molar-refractivity contribution in [2.75, 3.05) is 6.54 Å². The van der Waals surface area contributed by atoms with Gasteiger partial charge in [-0.3, -0.25) is 14.4 Å². The molecule has 1 aromatic rings. The van der Waals surface area contributed by atoms with Crippen molar-refractivity contribution >= 4 is 23.8 Å². The second-order valence-electron chi connectivity index (χ2n) is 12.7. The molecule has 9 nitrogen and oxygen atoms in total. The van der Waals surface area contributed by atoms with Crippen LogP contribution in [0.4, 0.5) is 4.79 Å². The highest BCUT2D eigenvalue weighted by Crippen LogP contribution is 2.27. The number of nitrogens with one attached hydrogen (secondary N) is 2. The van der Waals surface area contributed by atoms with E-state index in [-0.39, 0.29) is 12.5 Å². The quantitative estimate of drug-likeness (QED) is 0.269. The van der Waals surface area contributed by atoms with Gasteiger partial charge in [-0.15, -0.1) is 0 Å². The molecule has 9 heteroatoms. The lowest BCUT2D eigenvalue weighted by Crippen LogP contribution is -2.55. The van der Waals surface area contributed by atoms with Crippen molar-refractivity contribution in [2.24, 2.45) is 5.73 Å². The third-order valence-electron chi connectivity index (χ3n) is 6.05. The molecular weight excluding hydrogens is 508 g/mol. The zero-order valence-corrected chi connectivity index (χ0v) is 26.1. The number of nitrogens with zero attached hydrogens (tertiary/aromatic N) is 1. The molecule has 0 aromatic heterocycles. The number of hydrogen-bond donors (Lipinski definition) is 3. The van der Waals surface area contributed by atoms with E-state index >= 15 is 0 Å². The summed E-state index contributed by atoms with van der Waals surface area (Å²) in [6, 6.07) is 3.53. The Morgan fingerprint density at radius 3 is 1.95 bits per heavy atom. The molecule has 0 aliphatic heterocycles. The van der Waals surface area contributed by atoms with Gasteiger partial charge in [-0.1, -0.05) is 68.4 Å². The molecular formula is C31H52N4O5. The average molecular weight is 561 g/mol. The summed E-state index contributed by atoms with van der Waals surface area (Å²) in [5.74, 6) is -1.66. The van der Waals surface area contributed by atoms with Crippen LogP contribution in [-0.4, -0.2) is 52.4 Å². The second-order valence-corrected chi connectivity index (χ2v) is 12.7. The minimum atomic E-state index is -1.29. The minimum absolute atomic E-state index is 0.269. The van der Waals surface area contributed by atoms with Crippen molar-refractivity contribution in [3.05, 3.63) is 34.9 Å². The number of unbranched alkanes of at least 4 members (excludes halogenated alkanes) is 5. The molecule has 2 unspecified atom stereocenters. The Bertz CT molecular complexity index is 990. The fourth-order valence-corrected chi connectivity index (χ4v) is 4.56. The van der Waals surface area contributed by atoms with E-state index in [0.717, 1.165) is 43.2 Å². The maximum absolute atomic E-state index is 14.2. The summed E-state index contributed by atoms with van der Waals surface area (Å²) < 4.78 is 5.35. The highest BCUT2D eigenvalue weighted by Gasteiger charge is 2.37. The van der Waals surface area contributed by atoms with E-state index in [0.29, 0.717) is 12.0 Å². The van der Waals surface area contributed by atoms with Crippen molar-refractivity contribution in [1.29, 1.82) is 0 Å². The predicted octanol–water partition coefficient (Wildman–Crippen LogP) is 5.22. The number of amides is 4. The van der Waals surface area contributed by atoms with Gasteiger partial charge < -0.3 is 26.0 Å². The largest absolute Gasteiger partial charge is 0.444 e. The number of carbonyl (C=O) groups is 4. The molecule has 0 aliphatic rings. The Labute approximate surface area is 241 Å². The molecule has 0 bridgehead atoms. The highest BCUT2D eigenvalue weighted by molar-refractivity contribution is 5.94. The Morgan fingerprint density at radius 2 is 1.45 bits per heavy atom. The Morgan fingerprint density at radius 1 is 0.900 bits per heavy atom. The van der Waals surface area contributed by atoms with E-state index in [9.17, 15) is 19.2 Å². The van der Waals surface area contributed by atoms with E-state index in [2.05, 4.69) is 17.6 Å². The molecule has 0 aliphatic carbocycles. The molecule has 1 aromatic carbocycles. The molecule has 226 valence electrons. The Balaban J connectivity index is 3.56. The van der Waals surface area contributed by atoms with Crippen LogP contribution < -0.4 is 16.4 Å². The zero-order chi connectivity index (χ0) is 30.7. The van der Waals surface area contributed by atoms with E-state index < -0.39 is 47.6 Å². The van der Waals surface area contributed by atoms with Crippen molar-refractivity contribution < 1.29 is 23.9 Å². The van der Waals surface area contributed by atoms with Crippen molar-refractivity contribution in [1.82, 2.24) is 15.5 Å². The van der Waals surface area contributed by atoms with Crippen molar-refractivity contribution in [3.8, 4) is 0 Å². The van der Waals surface area contributed by atoms with Gasteiger partial charge in [-0.2, -0.15) is 0 Å². The first-order valence-corrected chi connectivity index (χ1v) is 14.4. The van der Waals surface area contributed by atoms with E-state index in [1.54, 1.807) is 20.8 Å². The van der Waals surface area contributed by atoms with E-state index in [4.69, 9.17) is 10.5 Å². The third kappa shape index (κ3) is 13.3. The molecule has 0 heterocycles. The van der Waals surface area contributed by atoms with Gasteiger partial charge in [0, 0.05) is 12.1 Å². The highest BCUT2D eigenvalue weighted by atomic mass is 16.6. The number of benzene rings is 1. The van der Waals surface area contributed by atoms with Gasteiger partial charge in [0.1, 0.15) is 17.7 Å². The normalized spacial score (nSPS) is 13.2. The third-order valence-corrected chi connectivity index (χ3v) is 6.05. The van der Waals surface area contributed by atoms with Crippen LogP contribution in [0.15, 0.2) is 18.2 Å². The number of aryl methyl sites for hydroxylation is 2. The lowest BCUT2D eigenvalue weighted by Gasteiger charge is -2.36. The van der Waals surface area contributed by atoms with Gasteiger partial charge in [0.25, 0.3) is 0 Å². The van der Waals surface area contributed by atoms with Gasteiger partial charge in [0.15, 0.2) is 0 Å². The van der Waals surface area contributed by atoms with Crippen LogP contribution in [0.2, 0.25) is 0 Å². The maximum Gasteiger partial charge on any atom is 0.408 e. The number of nitrogens with two attached hydrogens (primary N) is 1. The summed E-state index contributed by atoms with van der Waals surface area (Å²) in [5, 5.41) is 5.56. The summed E-state index contributed by atoms with van der Waals surface area (Å²) in [6.45, 7) is 17.0. The number of ether oxygens (including phenoxy) is 1. The minimum Gasteiger partial charge on any atom is -0.444 e. The van der Waals surface area contributed by atoms with Gasteiger partial charge in [0.2, 0.25) is 17.7 Å². The van der Waals surface area contributed by atoms with E-state index in [1.807, 2.05) is 52.8 Å². The Hall–Kier alpha value is -3.10. The topological polar surface area (TPSA) is 131 Å². The van der Waals surface area contributed by atoms with Gasteiger partial charge in [0.05, 0.1) is 6.42 Å². The molecule has 1 rings (SSSR count). The summed E-state index contributed by atoms with van der Waals surface area (Å²) in [6.07, 6.45) is 4.65. The maximum atomic E-state index is 14.2. The van der Waals surface area contributed by atoms with Crippen LogP contribution in [0.3, 0.4) is 0 Å². The lowest BCUT2D eigenvalue weighted by molar-refractivity contribution is -0.144. The number of alkyl carbamates (subject to hydrolysis) is 1. The van der Waals surface area contributed by atoms with E-state index in [1.165, 1.54) is 4.90 Å². The fraction of sp³-hybridized carbons (Fsp3) is 0.677.